The summed E-state index contributed by atoms with van der Waals surface area (Å²) >= 11 is 1.56. The van der Waals surface area contributed by atoms with Gasteiger partial charge in [0.15, 0.2) is 17.3 Å². The molecule has 0 fully saturated rings. The van der Waals surface area contributed by atoms with E-state index in [1.165, 1.54) is 14.2 Å². The second-order valence-corrected chi connectivity index (χ2v) is 7.56. The maximum Gasteiger partial charge on any atom is 0.268 e. The minimum Gasteiger partial charge on any atom is -0.493 e. The molecule has 3 heterocycles. The highest BCUT2D eigenvalue weighted by molar-refractivity contribution is 7.09. The Kier molecular flexibility index (Phi) is 5.37. The molecule has 0 saturated carbocycles. The number of carbonyl (C=O) groups is 1. The summed E-state index contributed by atoms with van der Waals surface area (Å²) in [5.74, 6) is 2.50. The molecule has 0 atom stereocenters. The lowest BCUT2D eigenvalue weighted by molar-refractivity contribution is 0.0944. The van der Waals surface area contributed by atoms with Crippen LogP contribution in [0.5, 0.6) is 17.2 Å². The van der Waals surface area contributed by atoms with Crippen molar-refractivity contribution in [1.82, 2.24) is 15.3 Å². The zero-order valence-corrected chi connectivity index (χ0v) is 17.8. The topological polar surface area (TPSA) is 98.6 Å². The number of fused-ring (bicyclic) bond motifs is 1. The second-order valence-electron chi connectivity index (χ2n) is 6.49. The van der Waals surface area contributed by atoms with Gasteiger partial charge in [0.2, 0.25) is 5.75 Å². The van der Waals surface area contributed by atoms with Gasteiger partial charge in [-0.25, -0.2) is 4.98 Å². The van der Waals surface area contributed by atoms with Crippen molar-refractivity contribution in [1.29, 1.82) is 0 Å². The van der Waals surface area contributed by atoms with Crippen molar-refractivity contribution in [3.63, 3.8) is 0 Å². The van der Waals surface area contributed by atoms with Crippen LogP contribution in [-0.2, 0) is 6.54 Å². The number of aromatic amines is 1. The molecule has 4 aromatic rings. The highest BCUT2D eigenvalue weighted by atomic mass is 32.1. The lowest BCUT2D eigenvalue weighted by Gasteiger charge is -2.12. The van der Waals surface area contributed by atoms with Crippen molar-refractivity contribution in [3.05, 3.63) is 46.1 Å². The predicted octanol–water partition coefficient (Wildman–Crippen LogP) is 4.15. The fourth-order valence-corrected chi connectivity index (χ4v) is 3.82. The number of rotatable bonds is 7. The van der Waals surface area contributed by atoms with Crippen LogP contribution in [0.15, 0.2) is 34.1 Å². The molecule has 156 valence electrons. The summed E-state index contributed by atoms with van der Waals surface area (Å²) < 4.78 is 22.0. The van der Waals surface area contributed by atoms with E-state index in [9.17, 15) is 4.79 Å². The SMILES string of the molecule is COc1cc2cc(C(=O)NCc3ccc(-c4csc(C)n4)o3)[nH]c2c(OC)c1OC. The summed E-state index contributed by atoms with van der Waals surface area (Å²) in [6.45, 7) is 2.19. The van der Waals surface area contributed by atoms with Crippen LogP contribution in [-0.4, -0.2) is 37.2 Å². The highest BCUT2D eigenvalue weighted by Gasteiger charge is 2.20. The molecule has 2 N–H and O–H groups in total. The number of amides is 1. The van der Waals surface area contributed by atoms with Gasteiger partial charge in [0.25, 0.3) is 5.91 Å². The van der Waals surface area contributed by atoms with Crippen LogP contribution < -0.4 is 19.5 Å². The summed E-state index contributed by atoms with van der Waals surface area (Å²) in [6.07, 6.45) is 0. The van der Waals surface area contributed by atoms with Crippen LogP contribution in [0.2, 0.25) is 0 Å². The van der Waals surface area contributed by atoms with Crippen molar-refractivity contribution >= 4 is 28.1 Å². The Balaban J connectivity index is 1.53. The molecular weight excluding hydrogens is 406 g/mol. The Hall–Kier alpha value is -3.46. The maximum absolute atomic E-state index is 12.7. The first kappa shape index (κ1) is 19.8. The third kappa shape index (κ3) is 3.59. The van der Waals surface area contributed by atoms with Crippen LogP contribution in [0.4, 0.5) is 0 Å². The van der Waals surface area contributed by atoms with Crippen LogP contribution in [0, 0.1) is 6.92 Å². The van der Waals surface area contributed by atoms with Gasteiger partial charge < -0.3 is 28.9 Å². The van der Waals surface area contributed by atoms with Gasteiger partial charge in [-0.05, 0) is 31.2 Å². The number of methoxy groups -OCH3 is 3. The molecule has 0 aliphatic heterocycles. The number of ether oxygens (including phenoxy) is 3. The van der Waals surface area contributed by atoms with Crippen molar-refractivity contribution in [2.75, 3.05) is 21.3 Å². The second kappa shape index (κ2) is 8.11. The number of aromatic nitrogens is 2. The number of carbonyl (C=O) groups excluding carboxylic acids is 1. The minimum absolute atomic E-state index is 0.251. The Labute approximate surface area is 176 Å². The average molecular weight is 427 g/mol. The molecule has 1 amide bonds. The highest BCUT2D eigenvalue weighted by Crippen LogP contribution is 2.43. The molecule has 0 unspecified atom stereocenters. The van der Waals surface area contributed by atoms with E-state index in [4.69, 9.17) is 18.6 Å². The van der Waals surface area contributed by atoms with Gasteiger partial charge in [0.05, 0.1) is 38.4 Å². The standard InChI is InChI=1S/C21H21N3O5S/c1-11-23-15(10-30-11)16-6-5-13(29-16)9-22-21(25)14-7-12-8-17(26-2)19(27-3)20(28-4)18(12)24-14/h5-8,10,24H,9H2,1-4H3,(H,22,25). The smallest absolute Gasteiger partial charge is 0.268 e. The fourth-order valence-electron chi connectivity index (χ4n) is 3.22. The predicted molar refractivity (Wildman–Crippen MR) is 114 cm³/mol. The Morgan fingerprint density at radius 1 is 1.17 bits per heavy atom. The summed E-state index contributed by atoms with van der Waals surface area (Å²) in [5, 5.41) is 6.54. The molecule has 0 spiro atoms. The van der Waals surface area contributed by atoms with E-state index in [0.717, 1.165) is 16.1 Å². The first-order valence-electron chi connectivity index (χ1n) is 9.15. The van der Waals surface area contributed by atoms with Gasteiger partial charge in [-0.1, -0.05) is 0 Å². The van der Waals surface area contributed by atoms with Crippen molar-refractivity contribution in [3.8, 4) is 28.7 Å². The number of hydrogen-bond donors (Lipinski definition) is 2. The first-order chi connectivity index (χ1) is 14.5. The molecule has 1 aromatic carbocycles. The van der Waals surface area contributed by atoms with Crippen molar-refractivity contribution < 1.29 is 23.4 Å². The van der Waals surface area contributed by atoms with Gasteiger partial charge in [-0.3, -0.25) is 4.79 Å². The molecule has 4 rings (SSSR count). The molecule has 9 heteroatoms. The average Bonchev–Trinajstić information content (AvgIpc) is 3.49. The quantitative estimate of drug-likeness (QED) is 0.460. The number of thiazole rings is 1. The lowest BCUT2D eigenvalue weighted by atomic mass is 10.2. The number of benzene rings is 1. The molecule has 0 bridgehead atoms. The first-order valence-corrected chi connectivity index (χ1v) is 10.0. The summed E-state index contributed by atoms with van der Waals surface area (Å²) in [7, 11) is 4.62. The van der Waals surface area contributed by atoms with E-state index in [1.54, 1.807) is 30.6 Å². The number of furan rings is 1. The number of hydrogen-bond acceptors (Lipinski definition) is 7. The fraction of sp³-hybridized carbons (Fsp3) is 0.238. The maximum atomic E-state index is 12.7. The Morgan fingerprint density at radius 3 is 2.63 bits per heavy atom. The summed E-state index contributed by atoms with van der Waals surface area (Å²) in [6, 6.07) is 7.20. The molecule has 8 nitrogen and oxygen atoms in total. The molecule has 0 aliphatic rings. The van der Waals surface area contributed by atoms with Gasteiger partial charge in [-0.2, -0.15) is 0 Å². The zero-order valence-electron chi connectivity index (χ0n) is 17.0. The van der Waals surface area contributed by atoms with Gasteiger partial charge in [0.1, 0.15) is 17.1 Å². The number of nitrogens with one attached hydrogen (secondary N) is 2. The van der Waals surface area contributed by atoms with Crippen LogP contribution >= 0.6 is 11.3 Å². The third-order valence-electron chi connectivity index (χ3n) is 4.62. The Bertz CT molecular complexity index is 1210. The number of H-pyrrole nitrogens is 1. The van der Waals surface area contributed by atoms with Gasteiger partial charge in [0, 0.05) is 10.8 Å². The third-order valence-corrected chi connectivity index (χ3v) is 5.39. The molecular formula is C21H21N3O5S. The Morgan fingerprint density at radius 2 is 1.97 bits per heavy atom. The van der Waals surface area contributed by atoms with E-state index in [2.05, 4.69) is 15.3 Å². The molecule has 0 aliphatic carbocycles. The van der Waals surface area contributed by atoms with Gasteiger partial charge in [-0.15, -0.1) is 11.3 Å². The van der Waals surface area contributed by atoms with E-state index >= 15 is 0 Å². The number of nitrogens with zero attached hydrogens (tertiary/aromatic N) is 1. The molecule has 30 heavy (non-hydrogen) atoms. The molecule has 3 aromatic heterocycles. The summed E-state index contributed by atoms with van der Waals surface area (Å²) in [4.78, 5) is 20.2. The zero-order chi connectivity index (χ0) is 21.3. The van der Waals surface area contributed by atoms with E-state index < -0.39 is 0 Å². The molecule has 0 radical (unpaired) electrons. The van der Waals surface area contributed by atoms with E-state index in [0.29, 0.717) is 40.0 Å². The van der Waals surface area contributed by atoms with Gasteiger partial charge >= 0.3 is 0 Å². The van der Waals surface area contributed by atoms with Crippen LogP contribution in [0.1, 0.15) is 21.3 Å². The monoisotopic (exact) mass is 427 g/mol. The van der Waals surface area contributed by atoms with E-state index in [-0.39, 0.29) is 12.5 Å². The molecule has 0 saturated heterocycles. The summed E-state index contributed by atoms with van der Waals surface area (Å²) in [5.41, 5.74) is 1.83. The van der Waals surface area contributed by atoms with Crippen LogP contribution in [0.25, 0.3) is 22.4 Å². The van der Waals surface area contributed by atoms with Crippen molar-refractivity contribution in [2.45, 2.75) is 13.5 Å². The minimum atomic E-state index is -0.270. The van der Waals surface area contributed by atoms with E-state index in [1.807, 2.05) is 24.4 Å². The largest absolute Gasteiger partial charge is 0.493 e. The van der Waals surface area contributed by atoms with Crippen LogP contribution in [0.3, 0.4) is 0 Å². The van der Waals surface area contributed by atoms with Crippen molar-refractivity contribution in [2.24, 2.45) is 0 Å². The number of aryl methyl sites for hydroxylation is 1. The normalized spacial score (nSPS) is 10.9. The lowest BCUT2D eigenvalue weighted by Crippen LogP contribution is -2.22.